The van der Waals surface area contributed by atoms with Gasteiger partial charge in [0, 0.05) is 41.6 Å². The molecule has 2 heterocycles. The van der Waals surface area contributed by atoms with E-state index >= 15 is 0 Å². The van der Waals surface area contributed by atoms with Crippen molar-refractivity contribution in [1.29, 1.82) is 0 Å². The van der Waals surface area contributed by atoms with E-state index in [0.717, 1.165) is 23.0 Å². The lowest BCUT2D eigenvalue weighted by Gasteiger charge is -2.06. The van der Waals surface area contributed by atoms with Crippen molar-refractivity contribution in [3.05, 3.63) is 66.1 Å². The van der Waals surface area contributed by atoms with Crippen molar-refractivity contribution in [2.24, 2.45) is 10.9 Å². The lowest BCUT2D eigenvalue weighted by molar-refractivity contribution is 0.318. The van der Waals surface area contributed by atoms with Crippen molar-refractivity contribution < 1.29 is 5.21 Å². The predicted octanol–water partition coefficient (Wildman–Crippen LogP) is 2.18. The van der Waals surface area contributed by atoms with Crippen LogP contribution in [0.3, 0.4) is 0 Å². The standard InChI is InChI=1S/C15H14N4O/c16-15(18-20)13-2-1-3-14-12(13)6-9-19(14)10-11-4-7-17-8-5-11/h1-9,20H,10H2,(H2,16,18). The van der Waals surface area contributed by atoms with Gasteiger partial charge in [0.2, 0.25) is 0 Å². The minimum Gasteiger partial charge on any atom is -0.409 e. The van der Waals surface area contributed by atoms with Crippen molar-refractivity contribution in [1.82, 2.24) is 9.55 Å². The Morgan fingerprint density at radius 3 is 2.75 bits per heavy atom. The number of nitrogens with two attached hydrogens (primary N) is 1. The highest BCUT2D eigenvalue weighted by Gasteiger charge is 2.08. The SMILES string of the molecule is N/C(=N/O)c1cccc2c1ccn2Cc1ccncc1. The second-order valence-corrected chi connectivity index (χ2v) is 4.52. The zero-order valence-corrected chi connectivity index (χ0v) is 10.8. The number of aromatic nitrogens is 2. The Kier molecular flexibility index (Phi) is 3.09. The highest BCUT2D eigenvalue weighted by atomic mass is 16.4. The zero-order valence-electron chi connectivity index (χ0n) is 10.8. The van der Waals surface area contributed by atoms with E-state index in [-0.39, 0.29) is 5.84 Å². The molecular weight excluding hydrogens is 252 g/mol. The molecule has 0 fully saturated rings. The number of hydrogen-bond donors (Lipinski definition) is 2. The van der Waals surface area contributed by atoms with Crippen LogP contribution in [-0.2, 0) is 6.54 Å². The van der Waals surface area contributed by atoms with Crippen LogP contribution in [0.2, 0.25) is 0 Å². The van der Waals surface area contributed by atoms with E-state index in [4.69, 9.17) is 10.9 Å². The average Bonchev–Trinajstić information content (AvgIpc) is 2.91. The molecule has 0 saturated carbocycles. The number of benzene rings is 1. The average molecular weight is 266 g/mol. The van der Waals surface area contributed by atoms with Gasteiger partial charge in [0.05, 0.1) is 0 Å². The lowest BCUT2D eigenvalue weighted by atomic mass is 10.1. The van der Waals surface area contributed by atoms with E-state index in [1.165, 1.54) is 5.56 Å². The minimum atomic E-state index is 0.122. The molecule has 0 saturated heterocycles. The molecule has 0 aliphatic carbocycles. The summed E-state index contributed by atoms with van der Waals surface area (Å²) in [5.74, 6) is 0.122. The lowest BCUT2D eigenvalue weighted by Crippen LogP contribution is -2.13. The number of nitrogens with zero attached hydrogens (tertiary/aromatic N) is 3. The maximum atomic E-state index is 8.84. The highest BCUT2D eigenvalue weighted by molar-refractivity contribution is 6.08. The molecule has 3 rings (SSSR count). The van der Waals surface area contributed by atoms with Crippen LogP contribution in [-0.4, -0.2) is 20.6 Å². The quantitative estimate of drug-likeness (QED) is 0.330. The molecular formula is C15H14N4O. The van der Waals surface area contributed by atoms with E-state index in [1.54, 1.807) is 12.4 Å². The summed E-state index contributed by atoms with van der Waals surface area (Å²) >= 11 is 0. The summed E-state index contributed by atoms with van der Waals surface area (Å²) in [6, 6.07) is 11.7. The number of hydrogen-bond acceptors (Lipinski definition) is 3. The fourth-order valence-electron chi connectivity index (χ4n) is 2.32. The van der Waals surface area contributed by atoms with Crippen LogP contribution in [0.5, 0.6) is 0 Å². The first-order chi connectivity index (χ1) is 9.79. The topological polar surface area (TPSA) is 76.4 Å². The molecule has 5 nitrogen and oxygen atoms in total. The highest BCUT2D eigenvalue weighted by Crippen LogP contribution is 2.21. The van der Waals surface area contributed by atoms with Gasteiger partial charge in [0.1, 0.15) is 0 Å². The molecule has 0 amide bonds. The Morgan fingerprint density at radius 1 is 1.20 bits per heavy atom. The molecule has 3 N–H and O–H groups in total. The summed E-state index contributed by atoms with van der Waals surface area (Å²) < 4.78 is 2.12. The summed E-state index contributed by atoms with van der Waals surface area (Å²) in [6.07, 6.45) is 5.56. The monoisotopic (exact) mass is 266 g/mol. The second-order valence-electron chi connectivity index (χ2n) is 4.52. The van der Waals surface area contributed by atoms with Gasteiger partial charge in [0.25, 0.3) is 0 Å². The first kappa shape index (κ1) is 12.2. The van der Waals surface area contributed by atoms with Gasteiger partial charge in [-0.2, -0.15) is 0 Å². The molecule has 0 bridgehead atoms. The van der Waals surface area contributed by atoms with Crippen molar-refractivity contribution in [3.8, 4) is 0 Å². The normalized spacial score (nSPS) is 11.9. The van der Waals surface area contributed by atoms with Gasteiger partial charge >= 0.3 is 0 Å². The molecule has 0 unspecified atom stereocenters. The third-order valence-corrected chi connectivity index (χ3v) is 3.30. The van der Waals surface area contributed by atoms with Crippen LogP contribution in [0.4, 0.5) is 0 Å². The molecule has 0 aliphatic heterocycles. The minimum absolute atomic E-state index is 0.122. The fraction of sp³-hybridized carbons (Fsp3) is 0.0667. The Morgan fingerprint density at radius 2 is 2.00 bits per heavy atom. The first-order valence-corrected chi connectivity index (χ1v) is 6.24. The fourth-order valence-corrected chi connectivity index (χ4v) is 2.32. The van der Waals surface area contributed by atoms with Crippen LogP contribution < -0.4 is 5.73 Å². The second kappa shape index (κ2) is 5.05. The van der Waals surface area contributed by atoms with Gasteiger partial charge in [-0.3, -0.25) is 4.98 Å². The first-order valence-electron chi connectivity index (χ1n) is 6.24. The molecule has 0 aliphatic rings. The summed E-state index contributed by atoms with van der Waals surface area (Å²) in [4.78, 5) is 4.02. The molecule has 1 aromatic carbocycles. The van der Waals surface area contributed by atoms with E-state index < -0.39 is 0 Å². The van der Waals surface area contributed by atoms with Crippen LogP contribution >= 0.6 is 0 Å². The molecule has 0 radical (unpaired) electrons. The van der Waals surface area contributed by atoms with Crippen LogP contribution in [0.1, 0.15) is 11.1 Å². The summed E-state index contributed by atoms with van der Waals surface area (Å²) in [7, 11) is 0. The van der Waals surface area contributed by atoms with Gasteiger partial charge < -0.3 is 15.5 Å². The van der Waals surface area contributed by atoms with Gasteiger partial charge in [-0.15, -0.1) is 0 Å². The molecule has 100 valence electrons. The van der Waals surface area contributed by atoms with Gasteiger partial charge in [0.15, 0.2) is 5.84 Å². The number of amidine groups is 1. The molecule has 5 heteroatoms. The van der Waals surface area contributed by atoms with Crippen molar-refractivity contribution in [2.75, 3.05) is 0 Å². The third kappa shape index (κ3) is 2.09. The van der Waals surface area contributed by atoms with Crippen molar-refractivity contribution in [2.45, 2.75) is 6.54 Å². The largest absolute Gasteiger partial charge is 0.409 e. The number of oxime groups is 1. The number of pyridine rings is 1. The third-order valence-electron chi connectivity index (χ3n) is 3.30. The molecule has 2 aromatic heterocycles. The van der Waals surface area contributed by atoms with Crippen LogP contribution in [0.15, 0.2) is 60.1 Å². The van der Waals surface area contributed by atoms with E-state index in [0.29, 0.717) is 0 Å². The number of rotatable bonds is 3. The molecule has 20 heavy (non-hydrogen) atoms. The van der Waals surface area contributed by atoms with E-state index in [2.05, 4.69) is 14.7 Å². The molecule has 0 spiro atoms. The Balaban J connectivity index is 2.06. The Hall–Kier alpha value is -2.82. The van der Waals surface area contributed by atoms with Crippen LogP contribution in [0.25, 0.3) is 10.9 Å². The molecule has 3 aromatic rings. The van der Waals surface area contributed by atoms with Gasteiger partial charge in [-0.25, -0.2) is 0 Å². The summed E-state index contributed by atoms with van der Waals surface area (Å²) in [6.45, 7) is 0.756. The van der Waals surface area contributed by atoms with Gasteiger partial charge in [-0.05, 0) is 29.8 Å². The van der Waals surface area contributed by atoms with Gasteiger partial charge in [-0.1, -0.05) is 17.3 Å². The Labute approximate surface area is 116 Å². The van der Waals surface area contributed by atoms with E-state index in [1.807, 2.05) is 42.6 Å². The van der Waals surface area contributed by atoms with Crippen molar-refractivity contribution in [3.63, 3.8) is 0 Å². The van der Waals surface area contributed by atoms with E-state index in [9.17, 15) is 0 Å². The zero-order chi connectivity index (χ0) is 13.9. The maximum Gasteiger partial charge on any atom is 0.170 e. The number of fused-ring (bicyclic) bond motifs is 1. The predicted molar refractivity (Wildman–Crippen MR) is 77.8 cm³/mol. The van der Waals surface area contributed by atoms with Crippen molar-refractivity contribution >= 4 is 16.7 Å². The summed E-state index contributed by atoms with van der Waals surface area (Å²) in [5.41, 5.74) is 8.66. The van der Waals surface area contributed by atoms with Crippen LogP contribution in [0, 0.1) is 0 Å². The Bertz CT molecular complexity index is 762. The molecule has 0 atom stereocenters. The smallest absolute Gasteiger partial charge is 0.170 e. The summed E-state index contributed by atoms with van der Waals surface area (Å²) in [5, 5.41) is 12.9. The maximum absolute atomic E-state index is 8.84.